The fourth-order valence-corrected chi connectivity index (χ4v) is 5.00. The van der Waals surface area contributed by atoms with Crippen molar-refractivity contribution >= 4 is 29.0 Å². The average Bonchev–Trinajstić information content (AvgIpc) is 2.90. The van der Waals surface area contributed by atoms with Crippen LogP contribution in [0, 0.1) is 5.82 Å². The molecule has 0 aliphatic heterocycles. The second-order valence-electron chi connectivity index (χ2n) is 8.56. The van der Waals surface area contributed by atoms with Gasteiger partial charge in [0.15, 0.2) is 5.75 Å². The predicted octanol–water partition coefficient (Wildman–Crippen LogP) is 6.66. The predicted molar refractivity (Wildman–Crippen MR) is 145 cm³/mol. The molecule has 0 saturated carbocycles. The number of pyridine rings is 1. The van der Waals surface area contributed by atoms with E-state index in [1.807, 2.05) is 43.3 Å². The van der Waals surface area contributed by atoms with Crippen molar-refractivity contribution in [2.75, 3.05) is 11.9 Å². The first-order valence-electron chi connectivity index (χ1n) is 11.9. The molecule has 4 aromatic rings. The number of aromatic hydroxyl groups is 2. The number of aryl methyl sites for hydroxylation is 1. The molecule has 0 saturated heterocycles. The minimum absolute atomic E-state index is 0.169. The number of halogens is 1. The second-order valence-corrected chi connectivity index (χ2v) is 9.64. The number of nitrogens with zero attached hydrogens (tertiary/aromatic N) is 2. The maximum Gasteiger partial charge on any atom is 0.249 e. The molecule has 0 fully saturated rings. The zero-order valence-corrected chi connectivity index (χ0v) is 21.4. The largest absolute Gasteiger partial charge is 0.504 e. The molecule has 0 spiro atoms. The standard InChI is InChI=1S/C29H28FN3O3S/c1-3-4-12-23-25(33(2)24-13-8-7-11-22(24)30)26(34)27(29(36)32-23)37-19-16-14-18(15-17-19)20-9-5-6-10-21(20)28(31)35/h5-11,13-17H,3-4,12H2,1-2H3,(H2,31,35)(H2,32,34,36). The van der Waals surface area contributed by atoms with Crippen molar-refractivity contribution in [1.29, 1.82) is 0 Å². The van der Waals surface area contributed by atoms with Crippen LogP contribution >= 0.6 is 11.8 Å². The van der Waals surface area contributed by atoms with Crippen LogP contribution in [0.25, 0.3) is 11.1 Å². The normalized spacial score (nSPS) is 10.9. The van der Waals surface area contributed by atoms with E-state index >= 15 is 0 Å². The van der Waals surface area contributed by atoms with Gasteiger partial charge >= 0.3 is 0 Å². The van der Waals surface area contributed by atoms with E-state index < -0.39 is 11.7 Å². The second kappa shape index (κ2) is 11.3. The maximum atomic E-state index is 14.6. The van der Waals surface area contributed by atoms with E-state index in [0.29, 0.717) is 28.9 Å². The third-order valence-corrected chi connectivity index (χ3v) is 7.14. The van der Waals surface area contributed by atoms with E-state index in [9.17, 15) is 19.4 Å². The first kappa shape index (κ1) is 26.0. The SMILES string of the molecule is CCCCc1nc(O)c(Sc2ccc(-c3ccccc3C(N)=O)cc2)c(O)c1N(C)c1ccccc1F. The van der Waals surface area contributed by atoms with Crippen molar-refractivity contribution in [3.63, 3.8) is 0 Å². The Balaban J connectivity index is 1.72. The number of benzene rings is 3. The van der Waals surface area contributed by atoms with Gasteiger partial charge in [0.25, 0.3) is 0 Å². The highest BCUT2D eigenvalue weighted by atomic mass is 32.2. The number of carbonyl (C=O) groups excluding carboxylic acids is 1. The number of anilines is 2. The smallest absolute Gasteiger partial charge is 0.249 e. The van der Waals surface area contributed by atoms with Crippen molar-refractivity contribution in [2.24, 2.45) is 5.73 Å². The molecule has 190 valence electrons. The van der Waals surface area contributed by atoms with Crippen LogP contribution in [0.1, 0.15) is 35.8 Å². The summed E-state index contributed by atoms with van der Waals surface area (Å²) >= 11 is 1.14. The molecule has 4 rings (SSSR count). The molecule has 0 bridgehead atoms. The number of primary amides is 1. The Labute approximate surface area is 219 Å². The van der Waals surface area contributed by atoms with E-state index in [1.165, 1.54) is 6.07 Å². The Morgan fingerprint density at radius 3 is 2.38 bits per heavy atom. The minimum Gasteiger partial charge on any atom is -0.504 e. The molecule has 0 aliphatic rings. The molecule has 0 aliphatic carbocycles. The molecule has 1 amide bonds. The van der Waals surface area contributed by atoms with Crippen molar-refractivity contribution in [2.45, 2.75) is 36.0 Å². The van der Waals surface area contributed by atoms with Gasteiger partial charge in [0.2, 0.25) is 11.8 Å². The summed E-state index contributed by atoms with van der Waals surface area (Å²) < 4.78 is 14.6. The lowest BCUT2D eigenvalue weighted by Crippen LogP contribution is -2.15. The number of unbranched alkanes of at least 4 members (excludes halogenated alkanes) is 1. The molecule has 4 N–H and O–H groups in total. The molecule has 3 aromatic carbocycles. The first-order valence-corrected chi connectivity index (χ1v) is 12.7. The highest BCUT2D eigenvalue weighted by Gasteiger charge is 2.24. The number of carbonyl (C=O) groups is 1. The Bertz CT molecular complexity index is 1430. The van der Waals surface area contributed by atoms with Gasteiger partial charge in [-0.15, -0.1) is 0 Å². The lowest BCUT2D eigenvalue weighted by atomic mass is 9.99. The highest BCUT2D eigenvalue weighted by molar-refractivity contribution is 7.99. The van der Waals surface area contributed by atoms with Crippen molar-refractivity contribution < 1.29 is 19.4 Å². The molecule has 8 heteroatoms. The lowest BCUT2D eigenvalue weighted by molar-refractivity contribution is 0.100. The number of rotatable bonds is 9. The van der Waals surface area contributed by atoms with Crippen LogP contribution in [0.2, 0.25) is 0 Å². The molecule has 37 heavy (non-hydrogen) atoms. The fraction of sp³-hybridized carbons (Fsp3) is 0.172. The summed E-state index contributed by atoms with van der Waals surface area (Å²) in [5, 5.41) is 22.1. The summed E-state index contributed by atoms with van der Waals surface area (Å²) in [4.78, 5) is 18.7. The number of aromatic nitrogens is 1. The summed E-state index contributed by atoms with van der Waals surface area (Å²) in [6.07, 6.45) is 2.21. The van der Waals surface area contributed by atoms with Gasteiger partial charge in [-0.25, -0.2) is 9.37 Å². The summed E-state index contributed by atoms with van der Waals surface area (Å²) in [5.41, 5.74) is 8.59. The van der Waals surface area contributed by atoms with Crippen LogP contribution in [-0.4, -0.2) is 28.2 Å². The lowest BCUT2D eigenvalue weighted by Gasteiger charge is -2.25. The van der Waals surface area contributed by atoms with Crippen molar-refractivity contribution in [3.8, 4) is 22.8 Å². The van der Waals surface area contributed by atoms with Gasteiger partial charge in [-0.1, -0.05) is 67.6 Å². The number of hydrogen-bond donors (Lipinski definition) is 3. The summed E-state index contributed by atoms with van der Waals surface area (Å²) in [6.45, 7) is 2.04. The average molecular weight is 518 g/mol. The van der Waals surface area contributed by atoms with Gasteiger partial charge < -0.3 is 20.8 Å². The van der Waals surface area contributed by atoms with E-state index in [4.69, 9.17) is 5.73 Å². The molecule has 1 heterocycles. The Morgan fingerprint density at radius 2 is 1.70 bits per heavy atom. The number of para-hydroxylation sites is 1. The van der Waals surface area contributed by atoms with Crippen LogP contribution in [-0.2, 0) is 6.42 Å². The van der Waals surface area contributed by atoms with E-state index in [2.05, 4.69) is 4.98 Å². The molecule has 0 atom stereocenters. The molecular weight excluding hydrogens is 489 g/mol. The van der Waals surface area contributed by atoms with E-state index in [-0.39, 0.29) is 22.2 Å². The summed E-state index contributed by atoms with van der Waals surface area (Å²) in [5.74, 6) is -1.40. The molecule has 0 unspecified atom stereocenters. The first-order chi connectivity index (χ1) is 17.8. The van der Waals surface area contributed by atoms with Crippen LogP contribution in [0.15, 0.2) is 82.6 Å². The Morgan fingerprint density at radius 1 is 1.03 bits per heavy atom. The van der Waals surface area contributed by atoms with Crippen LogP contribution in [0.5, 0.6) is 11.6 Å². The van der Waals surface area contributed by atoms with Crippen LogP contribution < -0.4 is 10.6 Å². The fourth-order valence-electron chi connectivity index (χ4n) is 4.16. The zero-order chi connectivity index (χ0) is 26.5. The van der Waals surface area contributed by atoms with Gasteiger partial charge in [-0.05, 0) is 54.3 Å². The number of nitrogens with two attached hydrogens (primary N) is 1. The Hall–Kier alpha value is -4.04. The summed E-state index contributed by atoms with van der Waals surface area (Å²) in [6, 6.07) is 20.7. The van der Waals surface area contributed by atoms with Gasteiger partial charge in [-0.3, -0.25) is 4.79 Å². The van der Waals surface area contributed by atoms with Gasteiger partial charge in [0.1, 0.15) is 16.4 Å². The summed E-state index contributed by atoms with van der Waals surface area (Å²) in [7, 11) is 1.67. The van der Waals surface area contributed by atoms with Crippen LogP contribution in [0.4, 0.5) is 15.8 Å². The quantitative estimate of drug-likeness (QED) is 0.230. The molecule has 6 nitrogen and oxygen atoms in total. The van der Waals surface area contributed by atoms with Crippen molar-refractivity contribution in [3.05, 3.63) is 89.9 Å². The molecular formula is C29H28FN3O3S. The number of hydrogen-bond acceptors (Lipinski definition) is 6. The van der Waals surface area contributed by atoms with Crippen molar-refractivity contribution in [1.82, 2.24) is 4.98 Å². The topological polar surface area (TPSA) is 99.7 Å². The molecule has 0 radical (unpaired) electrons. The van der Waals surface area contributed by atoms with E-state index in [1.54, 1.807) is 42.3 Å². The van der Waals surface area contributed by atoms with Gasteiger partial charge in [-0.2, -0.15) is 0 Å². The van der Waals surface area contributed by atoms with Crippen LogP contribution in [0.3, 0.4) is 0 Å². The van der Waals surface area contributed by atoms with Gasteiger partial charge in [0, 0.05) is 17.5 Å². The van der Waals surface area contributed by atoms with E-state index in [0.717, 1.165) is 35.1 Å². The highest BCUT2D eigenvalue weighted by Crippen LogP contribution is 2.48. The third-order valence-electron chi connectivity index (χ3n) is 6.05. The maximum absolute atomic E-state index is 14.6. The zero-order valence-electron chi connectivity index (χ0n) is 20.6. The Kier molecular flexibility index (Phi) is 7.98. The van der Waals surface area contributed by atoms with Gasteiger partial charge in [0.05, 0.1) is 11.4 Å². The molecule has 1 aromatic heterocycles. The number of amides is 1. The third kappa shape index (κ3) is 5.54. The minimum atomic E-state index is -0.510. The monoisotopic (exact) mass is 517 g/mol.